The lowest BCUT2D eigenvalue weighted by Gasteiger charge is -2.18. The molecule has 2 aromatic carbocycles. The molecule has 0 fully saturated rings. The Hall–Kier alpha value is -1.43. The summed E-state index contributed by atoms with van der Waals surface area (Å²) in [5.74, 6) is -0.414. The molecule has 2 aromatic rings. The van der Waals surface area contributed by atoms with Crippen molar-refractivity contribution in [2.75, 3.05) is 19.0 Å². The van der Waals surface area contributed by atoms with Crippen LogP contribution in [-0.4, -0.2) is 24.1 Å². The lowest BCUT2D eigenvalue weighted by molar-refractivity contribution is 0.295. The molecule has 0 aliphatic rings. The number of nitrogens with one attached hydrogen (secondary N) is 1. The van der Waals surface area contributed by atoms with Crippen molar-refractivity contribution in [1.29, 1.82) is 0 Å². The van der Waals surface area contributed by atoms with Gasteiger partial charge in [0.15, 0.2) is 0 Å². The van der Waals surface area contributed by atoms with Gasteiger partial charge in [0.1, 0.15) is 11.6 Å². The van der Waals surface area contributed by atoms with Crippen molar-refractivity contribution in [3.8, 4) is 0 Å². The summed E-state index contributed by atoms with van der Waals surface area (Å²) in [7, 11) is 0. The summed E-state index contributed by atoms with van der Waals surface area (Å²) in [6.07, 6.45) is 0.488. The molecule has 0 unspecified atom stereocenters. The van der Waals surface area contributed by atoms with Crippen LogP contribution < -0.4 is 5.32 Å². The first-order chi connectivity index (χ1) is 10.7. The van der Waals surface area contributed by atoms with Crippen LogP contribution in [-0.2, 0) is 6.42 Å². The van der Waals surface area contributed by atoms with Gasteiger partial charge in [0.25, 0.3) is 0 Å². The van der Waals surface area contributed by atoms with Crippen molar-refractivity contribution in [2.24, 2.45) is 0 Å². The van der Waals surface area contributed by atoms with Gasteiger partial charge < -0.3 is 10.4 Å². The van der Waals surface area contributed by atoms with Gasteiger partial charge in [0.05, 0.1) is 6.61 Å². The second kappa shape index (κ2) is 8.88. The van der Waals surface area contributed by atoms with Crippen LogP contribution in [0.3, 0.4) is 0 Å². The van der Waals surface area contributed by atoms with E-state index in [-0.39, 0.29) is 11.9 Å². The van der Waals surface area contributed by atoms with E-state index in [1.807, 2.05) is 30.3 Å². The smallest absolute Gasteiger partial charge is 0.129 e. The van der Waals surface area contributed by atoms with Gasteiger partial charge in [-0.3, -0.25) is 0 Å². The zero-order valence-corrected chi connectivity index (χ0v) is 13.0. The molecule has 0 bridgehead atoms. The largest absolute Gasteiger partial charge is 0.395 e. The van der Waals surface area contributed by atoms with Crippen molar-refractivity contribution in [3.05, 3.63) is 71.3 Å². The molecule has 22 heavy (non-hydrogen) atoms. The van der Waals surface area contributed by atoms with Crippen LogP contribution in [0.1, 0.15) is 16.4 Å². The van der Waals surface area contributed by atoms with Crippen LogP contribution in [0, 0.1) is 11.6 Å². The van der Waals surface area contributed by atoms with E-state index in [1.165, 1.54) is 12.1 Å². The number of hydrogen-bond donors (Lipinski definition) is 2. The van der Waals surface area contributed by atoms with Crippen LogP contribution in [0.15, 0.2) is 48.5 Å². The second-order valence-corrected chi connectivity index (χ2v) is 6.06. The molecule has 0 saturated carbocycles. The highest BCUT2D eigenvalue weighted by Crippen LogP contribution is 2.32. The molecule has 0 saturated heterocycles. The van der Waals surface area contributed by atoms with Gasteiger partial charge in [-0.25, -0.2) is 8.78 Å². The second-order valence-electron chi connectivity index (χ2n) is 4.87. The van der Waals surface area contributed by atoms with Crippen LogP contribution in [0.25, 0.3) is 0 Å². The SMILES string of the molecule is OCCNCS[C@@H](Cc1ccc(F)cc1F)c1ccccc1. The van der Waals surface area contributed by atoms with Crippen LogP contribution in [0.2, 0.25) is 0 Å². The van der Waals surface area contributed by atoms with Gasteiger partial charge >= 0.3 is 0 Å². The van der Waals surface area contributed by atoms with E-state index in [2.05, 4.69) is 5.32 Å². The first kappa shape index (κ1) is 16.9. The Morgan fingerprint density at radius 1 is 1.09 bits per heavy atom. The highest BCUT2D eigenvalue weighted by molar-refractivity contribution is 7.99. The molecule has 0 radical (unpaired) electrons. The lowest BCUT2D eigenvalue weighted by atomic mass is 10.0. The first-order valence-corrected chi connectivity index (χ1v) is 8.17. The zero-order chi connectivity index (χ0) is 15.8. The monoisotopic (exact) mass is 323 g/mol. The normalized spacial score (nSPS) is 12.3. The molecule has 0 aliphatic carbocycles. The molecule has 0 spiro atoms. The van der Waals surface area contributed by atoms with E-state index in [0.29, 0.717) is 24.4 Å². The zero-order valence-electron chi connectivity index (χ0n) is 12.1. The average molecular weight is 323 g/mol. The van der Waals surface area contributed by atoms with E-state index in [1.54, 1.807) is 11.8 Å². The maximum absolute atomic E-state index is 13.9. The molecule has 1 atom stereocenters. The highest BCUT2D eigenvalue weighted by atomic mass is 32.2. The fraction of sp³-hybridized carbons (Fsp3) is 0.294. The first-order valence-electron chi connectivity index (χ1n) is 7.12. The number of rotatable bonds is 8. The van der Waals surface area contributed by atoms with E-state index in [0.717, 1.165) is 11.6 Å². The number of aliphatic hydroxyl groups excluding tert-OH is 1. The van der Waals surface area contributed by atoms with Crippen molar-refractivity contribution >= 4 is 11.8 Å². The summed E-state index contributed by atoms with van der Waals surface area (Å²) < 4.78 is 26.9. The summed E-state index contributed by atoms with van der Waals surface area (Å²) >= 11 is 1.64. The van der Waals surface area contributed by atoms with Crippen molar-refractivity contribution in [1.82, 2.24) is 5.32 Å². The van der Waals surface area contributed by atoms with Crippen molar-refractivity contribution in [3.63, 3.8) is 0 Å². The van der Waals surface area contributed by atoms with Crippen LogP contribution in [0.4, 0.5) is 8.78 Å². The van der Waals surface area contributed by atoms with Gasteiger partial charge in [0, 0.05) is 23.7 Å². The maximum Gasteiger partial charge on any atom is 0.129 e. The van der Waals surface area contributed by atoms with Gasteiger partial charge in [-0.05, 0) is 23.6 Å². The maximum atomic E-state index is 13.9. The van der Waals surface area contributed by atoms with Gasteiger partial charge in [0.2, 0.25) is 0 Å². The minimum Gasteiger partial charge on any atom is -0.395 e. The standard InChI is InChI=1S/C17H19F2NOS/c18-15-7-6-14(16(19)11-15)10-17(22-12-20-8-9-21)13-4-2-1-3-5-13/h1-7,11,17,20-21H,8-10,12H2/t17-/m0/s1. The number of hydrogen-bond acceptors (Lipinski definition) is 3. The Morgan fingerprint density at radius 2 is 1.86 bits per heavy atom. The van der Waals surface area contributed by atoms with Crippen LogP contribution >= 0.6 is 11.8 Å². The Morgan fingerprint density at radius 3 is 2.55 bits per heavy atom. The van der Waals surface area contributed by atoms with Gasteiger partial charge in [-0.1, -0.05) is 36.4 Å². The molecule has 2 rings (SSSR count). The third-order valence-corrected chi connectivity index (χ3v) is 4.48. The van der Waals surface area contributed by atoms with Gasteiger partial charge in [-0.15, -0.1) is 11.8 Å². The molecule has 0 heterocycles. The minimum atomic E-state index is -0.560. The quantitative estimate of drug-likeness (QED) is 0.576. The topological polar surface area (TPSA) is 32.3 Å². The molecule has 2 N–H and O–H groups in total. The predicted octanol–water partition coefficient (Wildman–Crippen LogP) is 3.52. The summed E-state index contributed by atoms with van der Waals surface area (Å²) in [6, 6.07) is 13.6. The summed E-state index contributed by atoms with van der Waals surface area (Å²) in [5, 5.41) is 12.0. The summed E-state index contributed by atoms with van der Waals surface area (Å²) in [6.45, 7) is 0.614. The molecular formula is C17H19F2NOS. The summed E-state index contributed by atoms with van der Waals surface area (Å²) in [4.78, 5) is 0. The van der Waals surface area contributed by atoms with Gasteiger partial charge in [-0.2, -0.15) is 0 Å². The predicted molar refractivity (Wildman–Crippen MR) is 86.8 cm³/mol. The molecule has 0 amide bonds. The third-order valence-electron chi connectivity index (χ3n) is 3.27. The minimum absolute atomic E-state index is 0.0624. The third kappa shape index (κ3) is 5.09. The summed E-state index contributed by atoms with van der Waals surface area (Å²) in [5.41, 5.74) is 1.60. The Kier molecular flexibility index (Phi) is 6.83. The molecule has 118 valence electrons. The Labute approximate surface area is 133 Å². The van der Waals surface area contributed by atoms with Crippen LogP contribution in [0.5, 0.6) is 0 Å². The van der Waals surface area contributed by atoms with Crippen molar-refractivity contribution < 1.29 is 13.9 Å². The average Bonchev–Trinajstić information content (AvgIpc) is 2.53. The number of aliphatic hydroxyl groups is 1. The lowest BCUT2D eigenvalue weighted by Crippen LogP contribution is -2.18. The van der Waals surface area contributed by atoms with E-state index in [4.69, 9.17) is 5.11 Å². The van der Waals surface area contributed by atoms with E-state index in [9.17, 15) is 8.78 Å². The molecular weight excluding hydrogens is 304 g/mol. The van der Waals surface area contributed by atoms with E-state index < -0.39 is 11.6 Å². The Bertz CT molecular complexity index is 580. The molecule has 0 aliphatic heterocycles. The fourth-order valence-electron chi connectivity index (χ4n) is 2.14. The fourth-order valence-corrected chi connectivity index (χ4v) is 3.25. The highest BCUT2D eigenvalue weighted by Gasteiger charge is 2.15. The van der Waals surface area contributed by atoms with Crippen molar-refractivity contribution in [2.45, 2.75) is 11.7 Å². The molecule has 5 heteroatoms. The Balaban J connectivity index is 2.10. The molecule has 0 aromatic heterocycles. The number of benzene rings is 2. The molecule has 2 nitrogen and oxygen atoms in total. The van der Waals surface area contributed by atoms with E-state index >= 15 is 0 Å². The number of halogens is 2. The number of thioether (sulfide) groups is 1.